The lowest BCUT2D eigenvalue weighted by atomic mass is 10.1. The highest BCUT2D eigenvalue weighted by Gasteiger charge is 2.47. The summed E-state index contributed by atoms with van der Waals surface area (Å²) in [6.07, 6.45) is -7.14. The third-order valence-electron chi connectivity index (χ3n) is 5.61. The first kappa shape index (κ1) is 23.6. The van der Waals surface area contributed by atoms with Gasteiger partial charge in [0.25, 0.3) is 0 Å². The Morgan fingerprint density at radius 1 is 1.00 bits per heavy atom. The van der Waals surface area contributed by atoms with E-state index in [2.05, 4.69) is 20.0 Å². The molecule has 0 bridgehead atoms. The Kier molecular flexibility index (Phi) is 6.22. The van der Waals surface area contributed by atoms with E-state index >= 15 is 0 Å². The molecule has 4 rings (SSSR count). The molecular weight excluding hydrogens is 462 g/mol. The van der Waals surface area contributed by atoms with Crippen molar-refractivity contribution in [1.29, 1.82) is 0 Å². The predicted molar refractivity (Wildman–Crippen MR) is 112 cm³/mol. The summed E-state index contributed by atoms with van der Waals surface area (Å²) in [5.41, 5.74) is 1.53. The summed E-state index contributed by atoms with van der Waals surface area (Å²) in [4.78, 5) is 9.61. The molecule has 1 atom stereocenters. The Balaban J connectivity index is 1.52. The maximum Gasteiger partial charge on any atom is 0.417 e. The lowest BCUT2D eigenvalue weighted by Crippen LogP contribution is -2.59. The Hall–Kier alpha value is -3.59. The molecule has 1 N–H and O–H groups in total. The summed E-state index contributed by atoms with van der Waals surface area (Å²) in [7, 11) is 0. The average molecular weight is 480 g/mol. The van der Waals surface area contributed by atoms with Gasteiger partial charge in [0.05, 0.1) is 24.0 Å². The zero-order valence-electron chi connectivity index (χ0n) is 17.5. The average Bonchev–Trinajstić information content (AvgIpc) is 3.26. The summed E-state index contributed by atoms with van der Waals surface area (Å²) < 4.78 is 80.1. The van der Waals surface area contributed by atoms with Gasteiger partial charge in [0.2, 0.25) is 0 Å². The molecule has 1 aliphatic heterocycles. The van der Waals surface area contributed by atoms with E-state index in [1.165, 1.54) is 0 Å². The zero-order valence-corrected chi connectivity index (χ0v) is 17.5. The van der Waals surface area contributed by atoms with Crippen LogP contribution in [0, 0.1) is 6.57 Å². The molecule has 1 aliphatic rings. The molecule has 0 saturated carbocycles. The highest BCUT2D eigenvalue weighted by atomic mass is 19.4. The topological polar surface area (TPSA) is 52.4 Å². The molecular formula is C22H18F6N6. The van der Waals surface area contributed by atoms with Crippen LogP contribution in [-0.2, 0) is 12.7 Å². The fourth-order valence-corrected chi connectivity index (χ4v) is 3.89. The van der Waals surface area contributed by atoms with Gasteiger partial charge in [-0.3, -0.25) is 10.00 Å². The molecule has 0 spiro atoms. The molecule has 3 aromatic rings. The molecule has 2 aromatic heterocycles. The number of rotatable bonds is 4. The second-order valence-corrected chi connectivity index (χ2v) is 7.82. The maximum atomic E-state index is 13.9. The monoisotopic (exact) mass is 480 g/mol. The summed E-state index contributed by atoms with van der Waals surface area (Å²) in [6.45, 7) is 7.03. The van der Waals surface area contributed by atoms with Crippen molar-refractivity contribution in [2.45, 2.75) is 24.9 Å². The minimum atomic E-state index is -4.62. The van der Waals surface area contributed by atoms with Crippen LogP contribution in [0.25, 0.3) is 16.1 Å². The summed E-state index contributed by atoms with van der Waals surface area (Å²) in [5, 5.41) is 6.87. The number of halogens is 6. The smallest absolute Gasteiger partial charge is 0.342 e. The molecule has 0 unspecified atom stereocenters. The fraction of sp³-hybridized carbons (Fsp3) is 0.318. The van der Waals surface area contributed by atoms with Crippen molar-refractivity contribution in [3.8, 4) is 11.3 Å². The second-order valence-electron chi connectivity index (χ2n) is 7.82. The number of hydrogen-bond acceptors (Lipinski definition) is 4. The van der Waals surface area contributed by atoms with E-state index in [1.54, 1.807) is 35.4 Å². The van der Waals surface area contributed by atoms with E-state index < -0.39 is 24.0 Å². The van der Waals surface area contributed by atoms with Crippen molar-refractivity contribution >= 4 is 11.5 Å². The van der Waals surface area contributed by atoms with Crippen molar-refractivity contribution in [3.05, 3.63) is 71.3 Å². The van der Waals surface area contributed by atoms with E-state index in [0.717, 1.165) is 22.6 Å². The van der Waals surface area contributed by atoms with Gasteiger partial charge in [0.1, 0.15) is 11.9 Å². The van der Waals surface area contributed by atoms with Gasteiger partial charge < -0.3 is 4.90 Å². The largest absolute Gasteiger partial charge is 0.417 e. The number of anilines is 1. The number of nitrogens with one attached hydrogen (secondary N) is 1. The number of aromatic nitrogens is 3. The first-order valence-electron chi connectivity index (χ1n) is 10.2. The summed E-state index contributed by atoms with van der Waals surface area (Å²) >= 11 is 0. The van der Waals surface area contributed by atoms with Crippen LogP contribution in [0.2, 0.25) is 0 Å². The molecule has 0 amide bonds. The predicted octanol–water partition coefficient (Wildman–Crippen LogP) is 5.29. The van der Waals surface area contributed by atoms with Crippen LogP contribution in [-0.4, -0.2) is 51.9 Å². The van der Waals surface area contributed by atoms with Gasteiger partial charge in [-0.2, -0.15) is 31.4 Å². The number of alkyl halides is 6. The van der Waals surface area contributed by atoms with Gasteiger partial charge in [0.15, 0.2) is 5.69 Å². The van der Waals surface area contributed by atoms with Crippen LogP contribution in [0.15, 0.2) is 48.8 Å². The lowest BCUT2D eigenvalue weighted by molar-refractivity contribution is -0.157. The van der Waals surface area contributed by atoms with Crippen LogP contribution in [0.1, 0.15) is 11.1 Å². The molecule has 178 valence electrons. The van der Waals surface area contributed by atoms with E-state index in [9.17, 15) is 26.3 Å². The number of hydrogen-bond donors (Lipinski definition) is 1. The minimum absolute atomic E-state index is 0.0601. The summed E-state index contributed by atoms with van der Waals surface area (Å²) in [6, 6.07) is 6.52. The van der Waals surface area contributed by atoms with E-state index in [0.29, 0.717) is 23.1 Å². The Morgan fingerprint density at radius 3 is 2.32 bits per heavy atom. The molecule has 0 radical (unpaired) electrons. The van der Waals surface area contributed by atoms with Gasteiger partial charge in [-0.25, -0.2) is 9.83 Å². The molecule has 1 fully saturated rings. The van der Waals surface area contributed by atoms with Crippen molar-refractivity contribution < 1.29 is 26.3 Å². The molecule has 3 heterocycles. The standard InChI is InChI=1S/C22H18F6N6/c1-29-17-5-2-14(3-6-17)20-15(10-31-32-20)12-33-8-9-34(18(13-33)22(26,27)28)19-7-4-16(11-30-19)21(23,24)25/h2-7,10-11,18H,8-9,12-13H2,(H,31,32)/t18-/m1/s1. The first-order chi connectivity index (χ1) is 16.1. The third-order valence-corrected chi connectivity index (χ3v) is 5.61. The third kappa shape index (κ3) is 4.99. The Bertz CT molecular complexity index is 1160. The number of nitrogens with zero attached hydrogens (tertiary/aromatic N) is 5. The van der Waals surface area contributed by atoms with E-state index in [4.69, 9.17) is 6.57 Å². The molecule has 34 heavy (non-hydrogen) atoms. The van der Waals surface area contributed by atoms with E-state index in [-0.39, 0.29) is 32.0 Å². The lowest BCUT2D eigenvalue weighted by Gasteiger charge is -2.42. The van der Waals surface area contributed by atoms with Crippen molar-refractivity contribution in [2.75, 3.05) is 24.5 Å². The van der Waals surface area contributed by atoms with Gasteiger partial charge in [0, 0.05) is 37.9 Å². The fourth-order valence-electron chi connectivity index (χ4n) is 3.89. The van der Waals surface area contributed by atoms with Gasteiger partial charge in [-0.1, -0.05) is 24.3 Å². The normalized spacial score (nSPS) is 17.6. The quantitative estimate of drug-likeness (QED) is 0.407. The van der Waals surface area contributed by atoms with E-state index in [1.807, 2.05) is 0 Å². The molecule has 1 saturated heterocycles. The Labute approximate surface area is 190 Å². The summed E-state index contributed by atoms with van der Waals surface area (Å²) in [5.74, 6) is -0.154. The van der Waals surface area contributed by atoms with Gasteiger partial charge >= 0.3 is 12.4 Å². The number of benzene rings is 1. The highest BCUT2D eigenvalue weighted by Crippen LogP contribution is 2.34. The van der Waals surface area contributed by atoms with Crippen molar-refractivity contribution in [1.82, 2.24) is 20.1 Å². The number of pyridine rings is 1. The Morgan fingerprint density at radius 2 is 1.74 bits per heavy atom. The highest BCUT2D eigenvalue weighted by molar-refractivity contribution is 5.65. The number of H-pyrrole nitrogens is 1. The molecule has 1 aromatic carbocycles. The van der Waals surface area contributed by atoms with Crippen LogP contribution in [0.4, 0.5) is 37.8 Å². The van der Waals surface area contributed by atoms with Crippen LogP contribution < -0.4 is 4.90 Å². The molecule has 6 nitrogen and oxygen atoms in total. The van der Waals surface area contributed by atoms with Crippen molar-refractivity contribution in [3.63, 3.8) is 0 Å². The minimum Gasteiger partial charge on any atom is -0.342 e. The van der Waals surface area contributed by atoms with Gasteiger partial charge in [-0.05, 0) is 17.7 Å². The van der Waals surface area contributed by atoms with Crippen LogP contribution >= 0.6 is 0 Å². The first-order valence-corrected chi connectivity index (χ1v) is 10.2. The second kappa shape index (κ2) is 8.98. The van der Waals surface area contributed by atoms with Crippen LogP contribution in [0.5, 0.6) is 0 Å². The SMILES string of the molecule is [C-]#[N+]c1ccc(-c2[nH]ncc2CN2CCN(c3ccc(C(F)(F)F)cn3)[C@@H](C(F)(F)F)C2)cc1. The van der Waals surface area contributed by atoms with Crippen molar-refractivity contribution in [2.24, 2.45) is 0 Å². The molecule has 12 heteroatoms. The zero-order chi connectivity index (χ0) is 24.5. The number of aromatic amines is 1. The van der Waals surface area contributed by atoms with Crippen LogP contribution in [0.3, 0.4) is 0 Å². The number of piperazine rings is 1. The maximum absolute atomic E-state index is 13.9. The van der Waals surface area contributed by atoms with Gasteiger partial charge in [-0.15, -0.1) is 0 Å². The molecule has 0 aliphatic carbocycles.